The summed E-state index contributed by atoms with van der Waals surface area (Å²) in [6.07, 6.45) is 0.807. The van der Waals surface area contributed by atoms with Crippen molar-refractivity contribution in [3.8, 4) is 0 Å². The van der Waals surface area contributed by atoms with Gasteiger partial charge in [0.1, 0.15) is 14.2 Å². The smallest absolute Gasteiger partial charge is 0.259 e. The third-order valence-electron chi connectivity index (χ3n) is 6.47. The molecule has 5 heteroatoms. The van der Waals surface area contributed by atoms with Crippen molar-refractivity contribution < 1.29 is 15.8 Å². The number of anilines is 1. The highest BCUT2D eigenvalue weighted by Crippen LogP contribution is 2.28. The van der Waals surface area contributed by atoms with E-state index in [4.69, 9.17) is 1.37 Å². The van der Waals surface area contributed by atoms with Gasteiger partial charge in [0.05, 0.1) is 6.04 Å². The van der Waals surface area contributed by atoms with Crippen molar-refractivity contribution in [2.45, 2.75) is 25.3 Å². The molecule has 0 saturated heterocycles. The molecule has 0 unspecified atom stereocenters. The highest BCUT2D eigenvalue weighted by molar-refractivity contribution is 6.10. The van der Waals surface area contributed by atoms with Gasteiger partial charge >= 0.3 is 0 Å². The average molecular weight is 464 g/mol. The van der Waals surface area contributed by atoms with E-state index in [0.717, 1.165) is 40.3 Å². The van der Waals surface area contributed by atoms with Gasteiger partial charge in [-0.25, -0.2) is 0 Å². The van der Waals surface area contributed by atoms with Gasteiger partial charge in [0.25, 0.3) is 5.91 Å². The summed E-state index contributed by atoms with van der Waals surface area (Å²) >= 11 is 0. The van der Waals surface area contributed by atoms with Crippen LogP contribution in [0.15, 0.2) is 91.0 Å². The second-order valence-corrected chi connectivity index (χ2v) is 8.80. The van der Waals surface area contributed by atoms with E-state index in [-0.39, 0.29) is 18.9 Å². The van der Waals surface area contributed by atoms with Crippen LogP contribution in [0.3, 0.4) is 0 Å². The minimum Gasteiger partial charge on any atom is -0.345 e. The fraction of sp³-hybridized carbons (Fsp3) is 0.167. The summed E-state index contributed by atoms with van der Waals surface area (Å²) in [5.74, 6) is -0.737. The highest BCUT2D eigenvalue weighted by Gasteiger charge is 2.27. The molecule has 0 aromatic heterocycles. The van der Waals surface area contributed by atoms with Gasteiger partial charge in [-0.1, -0.05) is 78.9 Å². The van der Waals surface area contributed by atoms with Crippen molar-refractivity contribution >= 4 is 34.5 Å². The number of hydrogen-bond donors (Lipinski definition) is 1. The molecular formula is C30H26N2O3. The predicted octanol–water partition coefficient (Wildman–Crippen LogP) is 4.51. The maximum atomic E-state index is 13.6. The fourth-order valence-electron chi connectivity index (χ4n) is 4.72. The van der Waals surface area contributed by atoms with Gasteiger partial charge in [-0.15, -0.1) is 0 Å². The minimum absolute atomic E-state index is 0.201. The van der Waals surface area contributed by atoms with Gasteiger partial charge in [-0.3, -0.25) is 14.5 Å². The zero-order chi connectivity index (χ0) is 25.1. The molecule has 1 heterocycles. The van der Waals surface area contributed by atoms with Crippen LogP contribution in [0.1, 0.15) is 28.4 Å². The zero-order valence-electron chi connectivity index (χ0n) is 20.2. The number of carbonyl (C=O) groups is 3. The van der Waals surface area contributed by atoms with Crippen molar-refractivity contribution in [2.24, 2.45) is 0 Å². The lowest BCUT2D eigenvalue weighted by Gasteiger charge is -2.28. The summed E-state index contributed by atoms with van der Waals surface area (Å²) in [6.45, 7) is -0.244. The van der Waals surface area contributed by atoms with E-state index < -0.39 is 18.2 Å². The first-order valence-corrected chi connectivity index (χ1v) is 11.7. The van der Waals surface area contributed by atoms with Crippen LogP contribution in [0.2, 0.25) is 0 Å². The van der Waals surface area contributed by atoms with Gasteiger partial charge in [0, 0.05) is 11.3 Å². The largest absolute Gasteiger partial charge is 0.345 e. The topological polar surface area (TPSA) is 66.5 Å². The monoisotopic (exact) mass is 463 g/mol. The van der Waals surface area contributed by atoms with Gasteiger partial charge in [-0.2, -0.15) is 0 Å². The number of benzene rings is 4. The number of para-hydroxylation sites is 1. The third kappa shape index (κ3) is 4.85. The molecule has 0 aliphatic carbocycles. The summed E-state index contributed by atoms with van der Waals surface area (Å²) in [7, 11) is 0. The van der Waals surface area contributed by atoms with E-state index in [1.165, 1.54) is 4.90 Å². The molecule has 0 spiro atoms. The quantitative estimate of drug-likeness (QED) is 0.428. The van der Waals surface area contributed by atoms with Crippen LogP contribution in [0.5, 0.6) is 0 Å². The standard InChI is InChI=1S/C30H26N2O3/c33-20-26(18-21-13-14-22-7-1-2-10-25(22)17-21)31-29(34)19-32-28-12-6-4-9-24(28)16-15-23-8-3-5-11-27(23)30(32)35/h1-14,17,20,26H,15-16,18-19H2,(H,31,34)/t26-/m1/s1/i20D. The molecule has 0 bridgehead atoms. The molecule has 174 valence electrons. The molecule has 0 fully saturated rings. The number of aryl methyl sites for hydroxylation is 2. The predicted molar refractivity (Wildman–Crippen MR) is 138 cm³/mol. The lowest BCUT2D eigenvalue weighted by molar-refractivity contribution is -0.122. The molecular weight excluding hydrogens is 436 g/mol. The fourth-order valence-corrected chi connectivity index (χ4v) is 4.72. The van der Waals surface area contributed by atoms with Crippen LogP contribution in [0, 0.1) is 0 Å². The maximum absolute atomic E-state index is 13.6. The second kappa shape index (κ2) is 9.94. The molecule has 5 nitrogen and oxygen atoms in total. The summed E-state index contributed by atoms with van der Waals surface area (Å²) in [5, 5.41) is 4.81. The van der Waals surface area contributed by atoms with Crippen LogP contribution >= 0.6 is 0 Å². The summed E-state index contributed by atoms with van der Waals surface area (Å²) < 4.78 is 7.74. The van der Waals surface area contributed by atoms with E-state index >= 15 is 0 Å². The first-order chi connectivity index (χ1) is 17.5. The molecule has 35 heavy (non-hydrogen) atoms. The molecule has 1 aliphatic rings. The van der Waals surface area contributed by atoms with Crippen molar-refractivity contribution in [1.29, 1.82) is 0 Å². The Morgan fingerprint density at radius 1 is 0.914 bits per heavy atom. The van der Waals surface area contributed by atoms with E-state index in [9.17, 15) is 14.4 Å². The van der Waals surface area contributed by atoms with Crippen molar-refractivity contribution in [3.63, 3.8) is 0 Å². The second-order valence-electron chi connectivity index (χ2n) is 8.80. The Kier molecular flexibility index (Phi) is 6.04. The van der Waals surface area contributed by atoms with Gasteiger partial charge in [-0.05, 0) is 58.9 Å². The maximum Gasteiger partial charge on any atom is 0.259 e. The summed E-state index contributed by atoms with van der Waals surface area (Å²) in [4.78, 5) is 40.3. The Bertz CT molecular complexity index is 1470. The summed E-state index contributed by atoms with van der Waals surface area (Å²) in [6, 6.07) is 27.8. The van der Waals surface area contributed by atoms with Crippen LogP contribution in [0.4, 0.5) is 5.69 Å². The molecule has 4 aromatic carbocycles. The molecule has 1 aliphatic heterocycles. The van der Waals surface area contributed by atoms with Crippen LogP contribution in [-0.2, 0) is 28.9 Å². The van der Waals surface area contributed by atoms with Crippen molar-refractivity contribution in [2.75, 3.05) is 11.4 Å². The Morgan fingerprint density at radius 2 is 1.60 bits per heavy atom. The molecule has 5 rings (SSSR count). The Hall–Kier alpha value is -4.25. The third-order valence-corrected chi connectivity index (χ3v) is 6.47. The normalized spacial score (nSPS) is 14.2. The average Bonchev–Trinajstić information content (AvgIpc) is 2.89. The Labute approximate surface area is 205 Å². The number of fused-ring (bicyclic) bond motifs is 3. The SMILES string of the molecule is [2H]C(=O)[C@@H](Cc1ccc2ccccc2c1)NC(=O)CN1C(=O)c2ccccc2CCc2ccccc21. The van der Waals surface area contributed by atoms with E-state index in [1.807, 2.05) is 84.9 Å². The van der Waals surface area contributed by atoms with Crippen LogP contribution < -0.4 is 10.2 Å². The summed E-state index contributed by atoms with van der Waals surface area (Å²) in [5.41, 5.74) is 4.04. The van der Waals surface area contributed by atoms with E-state index in [2.05, 4.69) is 5.32 Å². The number of carbonyl (C=O) groups excluding carboxylic acids is 3. The van der Waals surface area contributed by atoms with Crippen LogP contribution in [-0.4, -0.2) is 30.7 Å². The molecule has 1 N–H and O–H groups in total. The lowest BCUT2D eigenvalue weighted by Crippen LogP contribution is -2.46. The van der Waals surface area contributed by atoms with Crippen LogP contribution in [0.25, 0.3) is 10.8 Å². The van der Waals surface area contributed by atoms with E-state index in [0.29, 0.717) is 11.3 Å². The Balaban J connectivity index is 1.38. The van der Waals surface area contributed by atoms with Crippen molar-refractivity contribution in [1.82, 2.24) is 5.32 Å². The molecule has 0 radical (unpaired) electrons. The molecule has 2 amide bonds. The molecule has 1 atom stereocenters. The van der Waals surface area contributed by atoms with Gasteiger partial charge in [0.2, 0.25) is 5.91 Å². The Morgan fingerprint density at radius 3 is 2.43 bits per heavy atom. The number of nitrogens with zero attached hydrogens (tertiary/aromatic N) is 1. The number of amides is 2. The number of nitrogens with one attached hydrogen (secondary N) is 1. The minimum atomic E-state index is -1.01. The number of hydrogen-bond acceptors (Lipinski definition) is 3. The zero-order valence-corrected chi connectivity index (χ0v) is 19.2. The van der Waals surface area contributed by atoms with E-state index in [1.54, 1.807) is 6.07 Å². The molecule has 4 aromatic rings. The first-order valence-electron chi connectivity index (χ1n) is 12.2. The van der Waals surface area contributed by atoms with Gasteiger partial charge in [0.15, 0.2) is 0 Å². The first kappa shape index (κ1) is 21.3. The molecule has 0 saturated carbocycles. The lowest BCUT2D eigenvalue weighted by atomic mass is 9.95. The number of aldehydes is 1. The highest BCUT2D eigenvalue weighted by atomic mass is 16.2. The van der Waals surface area contributed by atoms with Gasteiger partial charge < -0.3 is 10.1 Å². The number of rotatable bonds is 6. The van der Waals surface area contributed by atoms with Crippen molar-refractivity contribution in [3.05, 3.63) is 113 Å².